The Morgan fingerprint density at radius 3 is 2.71 bits per heavy atom. The van der Waals surface area contributed by atoms with Gasteiger partial charge in [0.1, 0.15) is 0 Å². The van der Waals surface area contributed by atoms with Crippen molar-refractivity contribution in [1.82, 2.24) is 4.98 Å². The normalized spacial score (nSPS) is 15.9. The second-order valence-corrected chi connectivity index (χ2v) is 3.79. The lowest BCUT2D eigenvalue weighted by atomic mass is 9.94. The van der Waals surface area contributed by atoms with Gasteiger partial charge in [0.2, 0.25) is 11.6 Å². The molecule has 0 N–H and O–H groups in total. The van der Waals surface area contributed by atoms with Crippen LogP contribution in [-0.2, 0) is 4.79 Å². The quantitative estimate of drug-likeness (QED) is 0.663. The maximum atomic E-state index is 11.5. The van der Waals surface area contributed by atoms with Gasteiger partial charge in [-0.25, -0.2) is 0 Å². The van der Waals surface area contributed by atoms with Crippen molar-refractivity contribution in [3.8, 4) is 0 Å². The number of ketones is 2. The number of hydrogen-bond donors (Lipinski definition) is 0. The van der Waals surface area contributed by atoms with E-state index < -0.39 is 11.6 Å². The third-order valence-corrected chi connectivity index (χ3v) is 3.11. The van der Waals surface area contributed by atoms with Crippen LogP contribution in [0.15, 0.2) is 23.9 Å². The minimum absolute atomic E-state index is 0.370. The molecule has 0 fully saturated rings. The lowest BCUT2D eigenvalue weighted by Gasteiger charge is -2.13. The van der Waals surface area contributed by atoms with Gasteiger partial charge in [-0.2, -0.15) is 0 Å². The topological polar surface area (TPSA) is 47.0 Å². The zero-order chi connectivity index (χ0) is 10.3. The molecule has 1 aromatic heterocycles. The molecule has 0 amide bonds. The summed E-state index contributed by atoms with van der Waals surface area (Å²) >= 11 is 3.26. The van der Waals surface area contributed by atoms with Crippen LogP contribution in [-0.4, -0.2) is 16.6 Å². The first kappa shape index (κ1) is 9.27. The fraction of sp³-hybridized carbons (Fsp3) is 0.100. The molecule has 0 radical (unpaired) electrons. The number of halogens is 1. The summed E-state index contributed by atoms with van der Waals surface area (Å²) in [6, 6.07) is 3.25. The van der Waals surface area contributed by atoms with Gasteiger partial charge < -0.3 is 0 Å². The van der Waals surface area contributed by atoms with E-state index in [1.54, 1.807) is 25.3 Å². The second-order valence-electron chi connectivity index (χ2n) is 3.00. The zero-order valence-electron chi connectivity index (χ0n) is 7.37. The van der Waals surface area contributed by atoms with Crippen molar-refractivity contribution in [3.63, 3.8) is 0 Å². The smallest absolute Gasteiger partial charge is 0.235 e. The predicted octanol–water partition coefficient (Wildman–Crippen LogP) is 1.97. The summed E-state index contributed by atoms with van der Waals surface area (Å²) in [5.41, 5.74) is 1.34. The molecule has 1 aliphatic carbocycles. The van der Waals surface area contributed by atoms with Crippen molar-refractivity contribution in [3.05, 3.63) is 35.2 Å². The molecule has 0 atom stereocenters. The van der Waals surface area contributed by atoms with Crippen LogP contribution >= 0.6 is 15.9 Å². The lowest BCUT2D eigenvalue weighted by molar-refractivity contribution is -0.111. The van der Waals surface area contributed by atoms with Crippen LogP contribution in [0, 0.1) is 0 Å². The summed E-state index contributed by atoms with van der Waals surface area (Å²) in [6.07, 6.45) is 1.59. The molecule has 2 rings (SSSR count). The molecule has 1 aliphatic rings. The molecule has 0 aromatic carbocycles. The predicted molar refractivity (Wildman–Crippen MR) is 55.1 cm³/mol. The van der Waals surface area contributed by atoms with Crippen LogP contribution in [0.1, 0.15) is 23.0 Å². The molecule has 0 aliphatic heterocycles. The highest BCUT2D eigenvalue weighted by Gasteiger charge is 2.29. The van der Waals surface area contributed by atoms with Gasteiger partial charge in [0.25, 0.3) is 0 Å². The average molecular weight is 252 g/mol. The molecule has 0 bridgehead atoms. The number of fused-ring (bicyclic) bond motifs is 1. The Balaban J connectivity index is 2.78. The van der Waals surface area contributed by atoms with Gasteiger partial charge in [0.15, 0.2) is 0 Å². The van der Waals surface area contributed by atoms with Crippen molar-refractivity contribution in [1.29, 1.82) is 0 Å². The third-order valence-electron chi connectivity index (χ3n) is 2.14. The van der Waals surface area contributed by atoms with Crippen molar-refractivity contribution in [2.45, 2.75) is 6.92 Å². The van der Waals surface area contributed by atoms with E-state index in [0.717, 1.165) is 0 Å². The molecule has 0 saturated heterocycles. The third kappa shape index (κ3) is 1.14. The molecule has 0 unspecified atom stereocenters. The Bertz CT molecular complexity index is 477. The summed E-state index contributed by atoms with van der Waals surface area (Å²) in [5, 5.41) is 0. The fourth-order valence-corrected chi connectivity index (χ4v) is 1.83. The highest BCUT2D eigenvalue weighted by molar-refractivity contribution is 9.15. The van der Waals surface area contributed by atoms with Crippen molar-refractivity contribution < 1.29 is 9.59 Å². The summed E-state index contributed by atoms with van der Waals surface area (Å²) < 4.78 is 0.609. The zero-order valence-corrected chi connectivity index (χ0v) is 8.96. The van der Waals surface area contributed by atoms with Gasteiger partial charge in [0.05, 0.1) is 15.7 Å². The number of nitrogens with zero attached hydrogens (tertiary/aromatic N) is 1. The van der Waals surface area contributed by atoms with Crippen LogP contribution in [0.5, 0.6) is 0 Å². The van der Waals surface area contributed by atoms with Crippen LogP contribution in [0.4, 0.5) is 0 Å². The number of rotatable bonds is 0. The Morgan fingerprint density at radius 1 is 1.29 bits per heavy atom. The Morgan fingerprint density at radius 2 is 2.00 bits per heavy atom. The molecule has 3 nitrogen and oxygen atoms in total. The Kier molecular flexibility index (Phi) is 2.07. The van der Waals surface area contributed by atoms with E-state index in [2.05, 4.69) is 20.9 Å². The minimum Gasteiger partial charge on any atom is -0.285 e. The highest BCUT2D eigenvalue weighted by Crippen LogP contribution is 2.31. The van der Waals surface area contributed by atoms with Gasteiger partial charge in [-0.1, -0.05) is 0 Å². The fourth-order valence-electron chi connectivity index (χ4n) is 1.33. The lowest BCUT2D eigenvalue weighted by Crippen LogP contribution is -2.22. The molecular weight excluding hydrogens is 246 g/mol. The largest absolute Gasteiger partial charge is 0.285 e. The summed E-state index contributed by atoms with van der Waals surface area (Å²) in [6.45, 7) is 1.61. The van der Waals surface area contributed by atoms with Gasteiger partial charge in [-0.3, -0.25) is 14.6 Å². The van der Waals surface area contributed by atoms with Gasteiger partial charge in [0, 0.05) is 11.8 Å². The number of carbonyl (C=O) groups is 2. The van der Waals surface area contributed by atoms with Gasteiger partial charge in [-0.15, -0.1) is 0 Å². The number of Topliss-reactive ketones (excluding diaryl/α,β-unsaturated/α-hetero) is 2. The molecule has 0 saturated carbocycles. The first-order chi connectivity index (χ1) is 6.63. The van der Waals surface area contributed by atoms with Crippen molar-refractivity contribution in [2.24, 2.45) is 0 Å². The number of pyridine rings is 1. The first-order valence-electron chi connectivity index (χ1n) is 4.03. The summed E-state index contributed by atoms with van der Waals surface area (Å²) in [7, 11) is 0. The molecule has 1 heterocycles. The molecular formula is C10H6BrNO2. The maximum absolute atomic E-state index is 11.5. The van der Waals surface area contributed by atoms with E-state index in [9.17, 15) is 9.59 Å². The van der Waals surface area contributed by atoms with Gasteiger partial charge in [-0.05, 0) is 35.0 Å². The van der Waals surface area contributed by atoms with Crippen LogP contribution < -0.4 is 0 Å². The van der Waals surface area contributed by atoms with E-state index in [4.69, 9.17) is 0 Å². The van der Waals surface area contributed by atoms with Gasteiger partial charge >= 0.3 is 0 Å². The van der Waals surface area contributed by atoms with E-state index in [1.165, 1.54) is 0 Å². The maximum Gasteiger partial charge on any atom is 0.235 e. The average Bonchev–Trinajstić information content (AvgIpc) is 2.23. The van der Waals surface area contributed by atoms with E-state index in [1.807, 2.05) is 0 Å². The second kappa shape index (κ2) is 3.13. The molecule has 0 spiro atoms. The van der Waals surface area contributed by atoms with Crippen LogP contribution in [0.25, 0.3) is 4.48 Å². The molecule has 4 heteroatoms. The van der Waals surface area contributed by atoms with E-state index in [0.29, 0.717) is 21.3 Å². The standard InChI is InChI=1S/C10H6BrNO2/c1-5-7(11)8-6(3-2-4-12-8)10(14)9(5)13/h2-4H,1H3. The SMILES string of the molecule is CC1=C(Br)c2ncccc2C(=O)C1=O. The highest BCUT2D eigenvalue weighted by atomic mass is 79.9. The Labute approximate surface area is 89.0 Å². The Hall–Kier alpha value is -1.29. The van der Waals surface area contributed by atoms with E-state index in [-0.39, 0.29) is 0 Å². The number of hydrogen-bond acceptors (Lipinski definition) is 3. The monoisotopic (exact) mass is 251 g/mol. The van der Waals surface area contributed by atoms with Crippen LogP contribution in [0.2, 0.25) is 0 Å². The molecule has 1 aromatic rings. The summed E-state index contributed by atoms with van der Waals surface area (Å²) in [4.78, 5) is 27.0. The minimum atomic E-state index is -0.478. The summed E-state index contributed by atoms with van der Waals surface area (Å²) in [5.74, 6) is -0.939. The van der Waals surface area contributed by atoms with Crippen LogP contribution in [0.3, 0.4) is 0 Å². The van der Waals surface area contributed by atoms with Crippen molar-refractivity contribution >= 4 is 32.0 Å². The van der Waals surface area contributed by atoms with E-state index >= 15 is 0 Å². The molecule has 70 valence electrons. The first-order valence-corrected chi connectivity index (χ1v) is 4.83. The number of carbonyl (C=O) groups excluding carboxylic acids is 2. The van der Waals surface area contributed by atoms with Crippen molar-refractivity contribution in [2.75, 3.05) is 0 Å². The number of aromatic nitrogens is 1. The number of allylic oxidation sites excluding steroid dienone is 1. The molecule has 14 heavy (non-hydrogen) atoms.